The molecule has 3 heteroatoms. The molecule has 0 aliphatic carbocycles. The zero-order chi connectivity index (χ0) is 11.0. The number of carbonyl (C=O) groups excluding carboxylic acids is 1. The van der Waals surface area contributed by atoms with Gasteiger partial charge in [0, 0.05) is 12.1 Å². The van der Waals surface area contributed by atoms with E-state index in [4.69, 9.17) is 0 Å². The lowest BCUT2D eigenvalue weighted by molar-refractivity contribution is 0.0975. The van der Waals surface area contributed by atoms with Crippen molar-refractivity contribution in [1.82, 2.24) is 0 Å². The Morgan fingerprint density at radius 3 is 2.88 bits per heavy atom. The first-order valence-electron chi connectivity index (χ1n) is 5.27. The minimum absolute atomic E-state index is 0.0870. The highest BCUT2D eigenvalue weighted by Crippen LogP contribution is 2.27. The van der Waals surface area contributed by atoms with Crippen molar-refractivity contribution in [2.45, 2.75) is 12.5 Å². The summed E-state index contributed by atoms with van der Waals surface area (Å²) in [5, 5.41) is 5.22. The summed E-state index contributed by atoms with van der Waals surface area (Å²) in [6.07, 6.45) is 0.799. The Hall–Kier alpha value is -1.61. The molecule has 16 heavy (non-hydrogen) atoms. The number of hydrogen-bond donors (Lipinski definition) is 1. The van der Waals surface area contributed by atoms with E-state index >= 15 is 0 Å². The lowest BCUT2D eigenvalue weighted by Gasteiger charge is -2.07. The summed E-state index contributed by atoms with van der Waals surface area (Å²) in [5.74, 6) is 0.200. The number of carbonyl (C=O) groups is 1. The Morgan fingerprint density at radius 1 is 1.25 bits per heavy atom. The van der Waals surface area contributed by atoms with Crippen LogP contribution >= 0.6 is 11.3 Å². The summed E-state index contributed by atoms with van der Waals surface area (Å²) in [7, 11) is 0. The van der Waals surface area contributed by atoms with Crippen molar-refractivity contribution in [3.63, 3.8) is 0 Å². The number of ketones is 1. The SMILES string of the molecule is O=C(c1cccs1)C1Cc2ccccc2N1. The van der Waals surface area contributed by atoms with Crippen LogP contribution in [0.5, 0.6) is 0 Å². The number of benzene rings is 1. The van der Waals surface area contributed by atoms with Crippen LogP contribution in [0.1, 0.15) is 15.2 Å². The Morgan fingerprint density at radius 2 is 2.12 bits per heavy atom. The fourth-order valence-corrected chi connectivity index (χ4v) is 2.77. The predicted molar refractivity (Wildman–Crippen MR) is 66.2 cm³/mol. The van der Waals surface area contributed by atoms with E-state index in [-0.39, 0.29) is 11.8 Å². The van der Waals surface area contributed by atoms with Gasteiger partial charge in [-0.2, -0.15) is 0 Å². The Bertz CT molecular complexity index is 493. The molecule has 0 saturated carbocycles. The van der Waals surface area contributed by atoms with Crippen molar-refractivity contribution in [2.75, 3.05) is 5.32 Å². The zero-order valence-corrected chi connectivity index (χ0v) is 9.46. The fraction of sp³-hybridized carbons (Fsp3) is 0.154. The number of Topliss-reactive ketones (excluding diaryl/α,β-unsaturated/α-hetero) is 1. The smallest absolute Gasteiger partial charge is 0.195 e. The first kappa shape index (κ1) is 9.60. The third-order valence-electron chi connectivity index (χ3n) is 2.85. The molecule has 1 N–H and O–H groups in total. The van der Waals surface area contributed by atoms with Crippen LogP contribution in [0, 0.1) is 0 Å². The predicted octanol–water partition coefficient (Wildman–Crippen LogP) is 2.97. The molecule has 0 radical (unpaired) electrons. The molecule has 2 heterocycles. The molecule has 1 unspecified atom stereocenters. The van der Waals surface area contributed by atoms with Crippen molar-refractivity contribution in [2.24, 2.45) is 0 Å². The van der Waals surface area contributed by atoms with Gasteiger partial charge in [-0.25, -0.2) is 0 Å². The first-order chi connectivity index (χ1) is 7.84. The van der Waals surface area contributed by atoms with E-state index in [1.54, 1.807) is 0 Å². The molecule has 3 rings (SSSR count). The van der Waals surface area contributed by atoms with E-state index in [9.17, 15) is 4.79 Å². The first-order valence-corrected chi connectivity index (χ1v) is 6.15. The molecular weight excluding hydrogens is 218 g/mol. The molecule has 0 saturated heterocycles. The molecule has 1 aliphatic heterocycles. The molecule has 0 fully saturated rings. The van der Waals surface area contributed by atoms with Gasteiger partial charge in [-0.3, -0.25) is 4.79 Å². The highest BCUT2D eigenvalue weighted by atomic mass is 32.1. The average molecular weight is 229 g/mol. The quantitative estimate of drug-likeness (QED) is 0.802. The van der Waals surface area contributed by atoms with Gasteiger partial charge in [0.25, 0.3) is 0 Å². The standard InChI is InChI=1S/C13H11NOS/c15-13(12-6-3-7-16-12)11-8-9-4-1-2-5-10(9)14-11/h1-7,11,14H,8H2. The maximum absolute atomic E-state index is 12.1. The van der Waals surface area contributed by atoms with Gasteiger partial charge >= 0.3 is 0 Å². The number of nitrogens with one attached hydrogen (secondary N) is 1. The van der Waals surface area contributed by atoms with Crippen LogP contribution in [-0.2, 0) is 6.42 Å². The van der Waals surface area contributed by atoms with Crippen LogP contribution in [0.3, 0.4) is 0 Å². The summed E-state index contributed by atoms with van der Waals surface area (Å²) in [6.45, 7) is 0. The second-order valence-electron chi connectivity index (χ2n) is 3.90. The number of para-hydroxylation sites is 1. The van der Waals surface area contributed by atoms with Crippen molar-refractivity contribution in [3.05, 3.63) is 52.2 Å². The van der Waals surface area contributed by atoms with E-state index in [0.717, 1.165) is 17.0 Å². The van der Waals surface area contributed by atoms with Gasteiger partial charge in [-0.15, -0.1) is 11.3 Å². The van der Waals surface area contributed by atoms with Crippen LogP contribution in [0.4, 0.5) is 5.69 Å². The van der Waals surface area contributed by atoms with E-state index < -0.39 is 0 Å². The normalized spacial score (nSPS) is 17.9. The highest BCUT2D eigenvalue weighted by Gasteiger charge is 2.27. The van der Waals surface area contributed by atoms with Gasteiger partial charge in [0.05, 0.1) is 10.9 Å². The highest BCUT2D eigenvalue weighted by molar-refractivity contribution is 7.12. The van der Waals surface area contributed by atoms with Gasteiger partial charge in [-0.05, 0) is 23.1 Å². The Balaban J connectivity index is 1.84. The lowest BCUT2D eigenvalue weighted by atomic mass is 10.1. The van der Waals surface area contributed by atoms with Gasteiger partial charge in [0.15, 0.2) is 5.78 Å². The van der Waals surface area contributed by atoms with Crippen LogP contribution in [0.15, 0.2) is 41.8 Å². The number of fused-ring (bicyclic) bond motifs is 1. The van der Waals surface area contributed by atoms with Gasteiger partial charge in [-0.1, -0.05) is 24.3 Å². The van der Waals surface area contributed by atoms with Crippen molar-refractivity contribution >= 4 is 22.8 Å². The number of thiophene rings is 1. The molecule has 1 aromatic heterocycles. The van der Waals surface area contributed by atoms with Crippen LogP contribution in [-0.4, -0.2) is 11.8 Å². The molecule has 80 valence electrons. The number of anilines is 1. The van der Waals surface area contributed by atoms with Gasteiger partial charge in [0.1, 0.15) is 0 Å². The largest absolute Gasteiger partial charge is 0.374 e. The molecule has 0 bridgehead atoms. The van der Waals surface area contributed by atoms with E-state index in [0.29, 0.717) is 0 Å². The van der Waals surface area contributed by atoms with Gasteiger partial charge < -0.3 is 5.32 Å². The second-order valence-corrected chi connectivity index (χ2v) is 4.85. The minimum atomic E-state index is -0.0870. The van der Waals surface area contributed by atoms with Crippen LogP contribution in [0.25, 0.3) is 0 Å². The molecule has 0 amide bonds. The molecule has 1 aliphatic rings. The summed E-state index contributed by atoms with van der Waals surface area (Å²) in [6, 6.07) is 11.8. The number of hydrogen-bond acceptors (Lipinski definition) is 3. The molecule has 1 atom stereocenters. The summed E-state index contributed by atoms with van der Waals surface area (Å²) >= 11 is 1.51. The second kappa shape index (κ2) is 3.76. The topological polar surface area (TPSA) is 29.1 Å². The third-order valence-corrected chi connectivity index (χ3v) is 3.74. The maximum Gasteiger partial charge on any atom is 0.195 e. The summed E-state index contributed by atoms with van der Waals surface area (Å²) < 4.78 is 0. The Kier molecular flexibility index (Phi) is 2.26. The molecular formula is C13H11NOS. The van der Waals surface area contributed by atoms with E-state index in [1.165, 1.54) is 16.9 Å². The van der Waals surface area contributed by atoms with Crippen LogP contribution in [0.2, 0.25) is 0 Å². The molecule has 1 aromatic carbocycles. The van der Waals surface area contributed by atoms with E-state index in [2.05, 4.69) is 11.4 Å². The van der Waals surface area contributed by atoms with Gasteiger partial charge in [0.2, 0.25) is 0 Å². The zero-order valence-electron chi connectivity index (χ0n) is 8.64. The van der Waals surface area contributed by atoms with Crippen molar-refractivity contribution < 1.29 is 4.79 Å². The molecule has 2 aromatic rings. The van der Waals surface area contributed by atoms with Crippen molar-refractivity contribution in [1.29, 1.82) is 0 Å². The van der Waals surface area contributed by atoms with Crippen LogP contribution < -0.4 is 5.32 Å². The van der Waals surface area contributed by atoms with E-state index in [1.807, 2.05) is 35.7 Å². The molecule has 2 nitrogen and oxygen atoms in total. The maximum atomic E-state index is 12.1. The lowest BCUT2D eigenvalue weighted by Crippen LogP contribution is -2.26. The monoisotopic (exact) mass is 229 g/mol. The fourth-order valence-electron chi connectivity index (χ4n) is 2.05. The van der Waals surface area contributed by atoms with Crippen molar-refractivity contribution in [3.8, 4) is 0 Å². The minimum Gasteiger partial charge on any atom is -0.374 e. The average Bonchev–Trinajstić information content (AvgIpc) is 2.97. The molecule has 0 spiro atoms. The summed E-state index contributed by atoms with van der Waals surface area (Å²) in [4.78, 5) is 13.0. The summed E-state index contributed by atoms with van der Waals surface area (Å²) in [5.41, 5.74) is 2.33. The Labute approximate surface area is 97.9 Å². The third kappa shape index (κ3) is 1.53. The number of rotatable bonds is 2.